The summed E-state index contributed by atoms with van der Waals surface area (Å²) in [5, 5.41) is 16.3. The first kappa shape index (κ1) is 25.5. The van der Waals surface area contributed by atoms with E-state index < -0.39 is 5.60 Å². The molecule has 0 saturated carbocycles. The van der Waals surface area contributed by atoms with Crippen molar-refractivity contribution in [3.05, 3.63) is 76.1 Å². The summed E-state index contributed by atoms with van der Waals surface area (Å²) in [6.45, 7) is 10.1. The molecule has 0 spiro atoms. The second-order valence-corrected chi connectivity index (χ2v) is 10.2. The van der Waals surface area contributed by atoms with E-state index in [1.807, 2.05) is 62.1 Å². The van der Waals surface area contributed by atoms with Crippen molar-refractivity contribution in [3.8, 4) is 11.5 Å². The first-order chi connectivity index (χ1) is 16.8. The lowest BCUT2D eigenvalue weighted by molar-refractivity contribution is -0.0621. The molecule has 4 rings (SSSR count). The number of aliphatic hydroxyl groups is 1. The molecule has 7 heteroatoms. The molecule has 0 amide bonds. The normalized spacial score (nSPS) is 18.5. The van der Waals surface area contributed by atoms with Crippen LogP contribution in [-0.4, -0.2) is 51.7 Å². The summed E-state index contributed by atoms with van der Waals surface area (Å²) in [5.74, 6) is 1.63. The maximum absolute atomic E-state index is 11.2. The Morgan fingerprint density at radius 1 is 1.06 bits per heavy atom. The predicted molar refractivity (Wildman–Crippen MR) is 139 cm³/mol. The molecular weight excluding hydrogens is 462 g/mol. The van der Waals surface area contributed by atoms with Crippen LogP contribution in [0.25, 0.3) is 0 Å². The Labute approximate surface area is 213 Å². The Hall–Kier alpha value is -2.54. The van der Waals surface area contributed by atoms with E-state index in [9.17, 15) is 5.11 Å². The highest BCUT2D eigenvalue weighted by Gasteiger charge is 2.34. The molecule has 1 aliphatic rings. The van der Waals surface area contributed by atoms with Crippen molar-refractivity contribution in [1.29, 1.82) is 0 Å². The van der Waals surface area contributed by atoms with Crippen LogP contribution in [0, 0.1) is 20.8 Å². The van der Waals surface area contributed by atoms with Crippen LogP contribution in [-0.2, 0) is 13.1 Å². The monoisotopic (exact) mass is 497 g/mol. The van der Waals surface area contributed by atoms with Crippen molar-refractivity contribution < 1.29 is 14.6 Å². The van der Waals surface area contributed by atoms with Gasteiger partial charge in [0.15, 0.2) is 0 Å². The van der Waals surface area contributed by atoms with Crippen molar-refractivity contribution in [1.82, 2.24) is 14.7 Å². The van der Waals surface area contributed by atoms with E-state index in [1.165, 1.54) is 11.1 Å². The number of nitrogens with zero attached hydrogens (tertiary/aromatic N) is 3. The number of hydrogen-bond donors (Lipinski definition) is 1. The maximum Gasteiger partial charge on any atom is 0.120 e. The number of halogens is 1. The molecular formula is C28H36ClN3O3. The van der Waals surface area contributed by atoms with Gasteiger partial charge in [0.25, 0.3) is 0 Å². The Kier molecular flexibility index (Phi) is 8.37. The fourth-order valence-corrected chi connectivity index (χ4v) is 4.73. The molecule has 1 fully saturated rings. The lowest BCUT2D eigenvalue weighted by Crippen LogP contribution is -2.51. The molecule has 3 aromatic rings. The van der Waals surface area contributed by atoms with Crippen molar-refractivity contribution in [2.24, 2.45) is 0 Å². The van der Waals surface area contributed by atoms with Crippen LogP contribution in [0.15, 0.2) is 48.8 Å². The van der Waals surface area contributed by atoms with Crippen LogP contribution >= 0.6 is 11.6 Å². The minimum atomic E-state index is -0.865. The summed E-state index contributed by atoms with van der Waals surface area (Å²) < 4.78 is 13.8. The largest absolute Gasteiger partial charge is 0.494 e. The Balaban J connectivity index is 1.23. The molecule has 0 radical (unpaired) electrons. The Bertz CT molecular complexity index is 1090. The zero-order valence-electron chi connectivity index (χ0n) is 21.0. The molecule has 2 aromatic carbocycles. The van der Waals surface area contributed by atoms with Crippen LogP contribution in [0.4, 0.5) is 0 Å². The molecule has 1 atom stereocenters. The Morgan fingerprint density at radius 3 is 2.49 bits per heavy atom. The van der Waals surface area contributed by atoms with Crippen LogP contribution in [0.5, 0.6) is 11.5 Å². The van der Waals surface area contributed by atoms with Gasteiger partial charge >= 0.3 is 0 Å². The first-order valence-corrected chi connectivity index (χ1v) is 12.7. The zero-order valence-corrected chi connectivity index (χ0v) is 21.7. The maximum atomic E-state index is 11.2. The van der Waals surface area contributed by atoms with E-state index in [2.05, 4.69) is 22.1 Å². The molecule has 0 aliphatic carbocycles. The molecule has 188 valence electrons. The van der Waals surface area contributed by atoms with Crippen LogP contribution in [0.2, 0.25) is 5.02 Å². The van der Waals surface area contributed by atoms with Gasteiger partial charge in [-0.15, -0.1) is 0 Å². The fourth-order valence-electron chi connectivity index (χ4n) is 4.62. The van der Waals surface area contributed by atoms with Gasteiger partial charge in [0.2, 0.25) is 0 Å². The van der Waals surface area contributed by atoms with Crippen LogP contribution in [0.1, 0.15) is 41.5 Å². The van der Waals surface area contributed by atoms with Gasteiger partial charge in [-0.1, -0.05) is 23.7 Å². The Morgan fingerprint density at radius 2 is 1.80 bits per heavy atom. The molecule has 1 unspecified atom stereocenters. The molecule has 1 N–H and O–H groups in total. The third-order valence-electron chi connectivity index (χ3n) is 6.44. The summed E-state index contributed by atoms with van der Waals surface area (Å²) >= 11 is 6.26. The number of aromatic nitrogens is 2. The van der Waals surface area contributed by atoms with Gasteiger partial charge in [-0.05, 0) is 86.7 Å². The predicted octanol–water partition coefficient (Wildman–Crippen LogP) is 5.34. The highest BCUT2D eigenvalue weighted by molar-refractivity contribution is 6.32. The van der Waals surface area contributed by atoms with E-state index >= 15 is 0 Å². The molecule has 0 bridgehead atoms. The highest BCUT2D eigenvalue weighted by Crippen LogP contribution is 2.28. The lowest BCUT2D eigenvalue weighted by Gasteiger charge is -2.39. The lowest BCUT2D eigenvalue weighted by atomic mass is 9.93. The number of likely N-dealkylation sites (tertiary alicyclic amines) is 1. The van der Waals surface area contributed by atoms with Crippen LogP contribution < -0.4 is 9.47 Å². The van der Waals surface area contributed by atoms with Crippen molar-refractivity contribution >= 4 is 11.6 Å². The molecule has 1 saturated heterocycles. The van der Waals surface area contributed by atoms with Crippen molar-refractivity contribution in [3.63, 3.8) is 0 Å². The van der Waals surface area contributed by atoms with Gasteiger partial charge in [-0.2, -0.15) is 5.10 Å². The minimum Gasteiger partial charge on any atom is -0.494 e. The quantitative estimate of drug-likeness (QED) is 0.383. The van der Waals surface area contributed by atoms with E-state index in [0.29, 0.717) is 13.2 Å². The van der Waals surface area contributed by atoms with E-state index in [1.54, 1.807) is 0 Å². The summed E-state index contributed by atoms with van der Waals surface area (Å²) in [6, 6.07) is 12.1. The van der Waals surface area contributed by atoms with E-state index in [-0.39, 0.29) is 6.61 Å². The number of hydrogen-bond acceptors (Lipinski definition) is 5. The van der Waals surface area contributed by atoms with Gasteiger partial charge < -0.3 is 14.6 Å². The topological polar surface area (TPSA) is 59.8 Å². The SMILES string of the molecule is Cc1cnn(CCCOc2ccc(CN3CCCC(O)(COc4cc(C)c(Cl)c(C)c4)C3)cc2)c1. The molecule has 1 aliphatic heterocycles. The first-order valence-electron chi connectivity index (χ1n) is 12.3. The van der Waals surface area contributed by atoms with E-state index in [0.717, 1.165) is 66.5 Å². The second-order valence-electron chi connectivity index (χ2n) is 9.83. The molecule has 2 heterocycles. The van der Waals surface area contributed by atoms with Crippen LogP contribution in [0.3, 0.4) is 0 Å². The van der Waals surface area contributed by atoms with Crippen molar-refractivity contribution in [2.45, 2.75) is 58.7 Å². The standard InChI is InChI=1S/C28H36ClN3O3/c1-21-16-30-32(17-21)12-5-13-34-25-8-6-24(7-9-25)18-31-11-4-10-28(33,19-31)20-35-26-14-22(2)27(29)23(3)15-26/h6-9,14-17,33H,4-5,10-13,18-20H2,1-3H3. The summed E-state index contributed by atoms with van der Waals surface area (Å²) in [5.41, 5.74) is 3.49. The number of β-amino-alcohol motifs (C(OH)–C–C–N with tert-alkyl or cyclic N) is 1. The number of ether oxygens (including phenoxy) is 2. The number of piperidine rings is 1. The van der Waals surface area contributed by atoms with Crippen molar-refractivity contribution in [2.75, 3.05) is 26.3 Å². The minimum absolute atomic E-state index is 0.273. The second kappa shape index (κ2) is 11.5. The third kappa shape index (κ3) is 7.23. The van der Waals surface area contributed by atoms with Gasteiger partial charge in [0.05, 0.1) is 12.8 Å². The number of rotatable bonds is 10. The average Bonchev–Trinajstić information content (AvgIpc) is 3.25. The van der Waals surface area contributed by atoms with E-state index in [4.69, 9.17) is 21.1 Å². The average molecular weight is 498 g/mol. The molecule has 6 nitrogen and oxygen atoms in total. The number of aryl methyl sites for hydroxylation is 4. The summed E-state index contributed by atoms with van der Waals surface area (Å²) in [7, 11) is 0. The van der Waals surface area contributed by atoms with Gasteiger partial charge in [0, 0.05) is 37.3 Å². The van der Waals surface area contributed by atoms with Gasteiger partial charge in [-0.25, -0.2) is 0 Å². The van der Waals surface area contributed by atoms with Gasteiger partial charge in [-0.3, -0.25) is 9.58 Å². The third-order valence-corrected chi connectivity index (χ3v) is 7.04. The summed E-state index contributed by atoms with van der Waals surface area (Å²) in [4.78, 5) is 2.30. The highest BCUT2D eigenvalue weighted by atomic mass is 35.5. The fraction of sp³-hybridized carbons (Fsp3) is 0.464. The molecule has 1 aromatic heterocycles. The van der Waals surface area contributed by atoms with Gasteiger partial charge in [0.1, 0.15) is 23.7 Å². The summed E-state index contributed by atoms with van der Waals surface area (Å²) in [6.07, 6.45) is 6.50. The zero-order chi connectivity index (χ0) is 24.8. The number of benzene rings is 2. The molecule has 35 heavy (non-hydrogen) atoms. The smallest absolute Gasteiger partial charge is 0.120 e.